The molecular weight excluding hydrogens is 521 g/mol. The standard InChI is InChI=1S/C23H22IN5OS/c24-18-2-1-3-20(13-18)29-23(31)28-19-10-6-15(7-11-19)12-21(30)27-14-16-4-8-17(9-5-16)22(25)26/h1-11,13H,12,14H2,(H3,25,26)(H,27,30)(H2,28,29,31). The van der Waals surface area contributed by atoms with E-state index < -0.39 is 0 Å². The van der Waals surface area contributed by atoms with Crippen LogP contribution in [0.1, 0.15) is 16.7 Å². The van der Waals surface area contributed by atoms with E-state index >= 15 is 0 Å². The molecule has 6 N–H and O–H groups in total. The van der Waals surface area contributed by atoms with E-state index in [1.54, 1.807) is 12.1 Å². The third kappa shape index (κ3) is 7.34. The van der Waals surface area contributed by atoms with Crippen molar-refractivity contribution in [2.24, 2.45) is 5.73 Å². The average Bonchev–Trinajstić information content (AvgIpc) is 2.74. The molecular formula is C23H22IN5OS. The van der Waals surface area contributed by atoms with Gasteiger partial charge in [0.15, 0.2) is 5.11 Å². The summed E-state index contributed by atoms with van der Waals surface area (Å²) in [4.78, 5) is 12.2. The maximum Gasteiger partial charge on any atom is 0.224 e. The number of rotatable bonds is 7. The second-order valence-corrected chi connectivity index (χ2v) is 8.50. The fraction of sp³-hybridized carbons (Fsp3) is 0.0870. The number of thiocarbonyl (C=S) groups is 1. The van der Waals surface area contributed by atoms with Crippen LogP contribution in [-0.2, 0) is 17.8 Å². The van der Waals surface area contributed by atoms with Crippen molar-refractivity contribution in [3.63, 3.8) is 0 Å². The minimum Gasteiger partial charge on any atom is -0.384 e. The quantitative estimate of drug-likeness (QED) is 0.133. The number of carbonyl (C=O) groups excluding carboxylic acids is 1. The normalized spacial score (nSPS) is 10.2. The minimum absolute atomic E-state index is 0.0277. The molecule has 0 heterocycles. The van der Waals surface area contributed by atoms with Crippen LogP contribution in [0, 0.1) is 8.98 Å². The smallest absolute Gasteiger partial charge is 0.224 e. The summed E-state index contributed by atoms with van der Waals surface area (Å²) in [6, 6.07) is 22.8. The zero-order valence-corrected chi connectivity index (χ0v) is 19.6. The Labute approximate surface area is 200 Å². The largest absolute Gasteiger partial charge is 0.384 e. The molecule has 6 nitrogen and oxygen atoms in total. The predicted molar refractivity (Wildman–Crippen MR) is 138 cm³/mol. The number of amides is 1. The Morgan fingerprint density at radius 3 is 2.23 bits per heavy atom. The first-order valence-corrected chi connectivity index (χ1v) is 11.0. The van der Waals surface area contributed by atoms with Crippen LogP contribution in [0.5, 0.6) is 0 Å². The summed E-state index contributed by atoms with van der Waals surface area (Å²) >= 11 is 7.61. The van der Waals surface area contributed by atoms with Crippen molar-refractivity contribution in [1.29, 1.82) is 5.41 Å². The lowest BCUT2D eigenvalue weighted by Crippen LogP contribution is -2.24. The summed E-state index contributed by atoms with van der Waals surface area (Å²) in [6.45, 7) is 0.426. The monoisotopic (exact) mass is 543 g/mol. The summed E-state index contributed by atoms with van der Waals surface area (Å²) in [7, 11) is 0. The summed E-state index contributed by atoms with van der Waals surface area (Å²) < 4.78 is 1.13. The molecule has 8 heteroatoms. The molecule has 3 rings (SSSR count). The third-order valence-electron chi connectivity index (χ3n) is 4.41. The number of hydrogen-bond acceptors (Lipinski definition) is 3. The van der Waals surface area contributed by atoms with E-state index in [1.807, 2.05) is 60.7 Å². The van der Waals surface area contributed by atoms with E-state index in [-0.39, 0.29) is 18.2 Å². The highest BCUT2D eigenvalue weighted by Gasteiger charge is 2.05. The van der Waals surface area contributed by atoms with Crippen molar-refractivity contribution in [1.82, 2.24) is 5.32 Å². The molecule has 0 bridgehead atoms. The van der Waals surface area contributed by atoms with E-state index in [4.69, 9.17) is 23.4 Å². The highest BCUT2D eigenvalue weighted by atomic mass is 127. The highest BCUT2D eigenvalue weighted by Crippen LogP contribution is 2.14. The van der Waals surface area contributed by atoms with Gasteiger partial charge in [-0.05, 0) is 76.3 Å². The first-order valence-electron chi connectivity index (χ1n) is 9.51. The number of nitrogens with two attached hydrogens (primary N) is 1. The van der Waals surface area contributed by atoms with Gasteiger partial charge in [-0.25, -0.2) is 0 Å². The van der Waals surface area contributed by atoms with Gasteiger partial charge in [-0.2, -0.15) is 0 Å². The molecule has 158 valence electrons. The van der Waals surface area contributed by atoms with Crippen LogP contribution < -0.4 is 21.7 Å². The van der Waals surface area contributed by atoms with E-state index in [0.717, 1.165) is 26.1 Å². The van der Waals surface area contributed by atoms with Gasteiger partial charge in [0.2, 0.25) is 5.91 Å². The van der Waals surface area contributed by atoms with Crippen LogP contribution in [0.2, 0.25) is 0 Å². The highest BCUT2D eigenvalue weighted by molar-refractivity contribution is 14.1. The number of nitrogen functional groups attached to an aromatic ring is 1. The number of anilines is 2. The Morgan fingerprint density at radius 1 is 0.935 bits per heavy atom. The Morgan fingerprint density at radius 2 is 1.58 bits per heavy atom. The zero-order valence-electron chi connectivity index (χ0n) is 16.6. The first kappa shape index (κ1) is 22.7. The van der Waals surface area contributed by atoms with Crippen molar-refractivity contribution in [3.8, 4) is 0 Å². The lowest BCUT2D eigenvalue weighted by atomic mass is 10.1. The molecule has 1 amide bonds. The van der Waals surface area contributed by atoms with Gasteiger partial charge >= 0.3 is 0 Å². The van der Waals surface area contributed by atoms with Gasteiger partial charge in [0.1, 0.15) is 5.84 Å². The Bertz CT molecular complexity index is 1080. The van der Waals surface area contributed by atoms with Gasteiger partial charge < -0.3 is 21.7 Å². The molecule has 0 unspecified atom stereocenters. The molecule has 0 aliphatic heterocycles. The SMILES string of the molecule is N=C(N)c1ccc(CNC(=O)Cc2ccc(NC(=S)Nc3cccc(I)c3)cc2)cc1. The topological polar surface area (TPSA) is 103 Å². The van der Waals surface area contributed by atoms with Gasteiger partial charge in [-0.15, -0.1) is 0 Å². The van der Waals surface area contributed by atoms with E-state index in [0.29, 0.717) is 17.2 Å². The van der Waals surface area contributed by atoms with Crippen molar-refractivity contribution in [2.45, 2.75) is 13.0 Å². The van der Waals surface area contributed by atoms with Crippen molar-refractivity contribution in [2.75, 3.05) is 10.6 Å². The minimum atomic E-state index is -0.0628. The lowest BCUT2D eigenvalue weighted by Gasteiger charge is -2.11. The second-order valence-electron chi connectivity index (χ2n) is 6.85. The zero-order chi connectivity index (χ0) is 22.2. The maximum atomic E-state index is 12.2. The molecule has 0 aliphatic rings. The molecule has 0 saturated heterocycles. The molecule has 3 aromatic rings. The first-order chi connectivity index (χ1) is 14.9. The number of amidine groups is 1. The number of nitrogens with one attached hydrogen (secondary N) is 4. The van der Waals surface area contributed by atoms with Crippen molar-refractivity contribution in [3.05, 3.63) is 93.1 Å². The molecule has 0 aliphatic carbocycles. The van der Waals surface area contributed by atoms with Crippen molar-refractivity contribution < 1.29 is 4.79 Å². The van der Waals surface area contributed by atoms with E-state index in [9.17, 15) is 4.79 Å². The van der Waals surface area contributed by atoms with E-state index in [1.165, 1.54) is 0 Å². The fourth-order valence-corrected chi connectivity index (χ4v) is 3.60. The number of hydrogen-bond donors (Lipinski definition) is 5. The lowest BCUT2D eigenvalue weighted by molar-refractivity contribution is -0.120. The molecule has 31 heavy (non-hydrogen) atoms. The molecule has 3 aromatic carbocycles. The Hall–Kier alpha value is -2.98. The van der Waals surface area contributed by atoms with Gasteiger partial charge in [0, 0.05) is 27.1 Å². The fourth-order valence-electron chi connectivity index (χ4n) is 2.82. The number of halogens is 1. The predicted octanol–water partition coefficient (Wildman–Crippen LogP) is 4.24. The van der Waals surface area contributed by atoms with Crippen molar-refractivity contribution >= 4 is 63.0 Å². The average molecular weight is 543 g/mol. The molecule has 0 aromatic heterocycles. The number of benzene rings is 3. The van der Waals surface area contributed by atoms with Gasteiger partial charge in [0.05, 0.1) is 6.42 Å². The molecule has 0 saturated carbocycles. The maximum absolute atomic E-state index is 12.2. The van der Waals surface area contributed by atoms with Crippen LogP contribution in [-0.4, -0.2) is 16.9 Å². The van der Waals surface area contributed by atoms with Crippen LogP contribution >= 0.6 is 34.8 Å². The van der Waals surface area contributed by atoms with Crippen LogP contribution in [0.25, 0.3) is 0 Å². The summed E-state index contributed by atoms with van der Waals surface area (Å²) in [5.74, 6) is -0.0351. The summed E-state index contributed by atoms with van der Waals surface area (Å²) in [6.07, 6.45) is 0.289. The van der Waals surface area contributed by atoms with Gasteiger partial charge in [-0.1, -0.05) is 42.5 Å². The Kier molecular flexibility index (Phi) is 7.96. The second kappa shape index (κ2) is 10.9. The van der Waals surface area contributed by atoms with Crippen LogP contribution in [0.4, 0.5) is 11.4 Å². The Balaban J connectivity index is 1.46. The molecule has 0 radical (unpaired) electrons. The summed E-state index contributed by atoms with van der Waals surface area (Å²) in [5, 5.41) is 17.1. The van der Waals surface area contributed by atoms with Gasteiger partial charge in [-0.3, -0.25) is 10.2 Å². The molecule has 0 atom stereocenters. The van der Waals surface area contributed by atoms with Crippen LogP contribution in [0.15, 0.2) is 72.8 Å². The summed E-state index contributed by atoms with van der Waals surface area (Å²) in [5.41, 5.74) is 9.74. The number of carbonyl (C=O) groups is 1. The van der Waals surface area contributed by atoms with Gasteiger partial charge in [0.25, 0.3) is 0 Å². The molecule has 0 fully saturated rings. The third-order valence-corrected chi connectivity index (χ3v) is 5.29. The van der Waals surface area contributed by atoms with E-state index in [2.05, 4.69) is 38.5 Å². The molecule has 0 spiro atoms. The van der Waals surface area contributed by atoms with Crippen LogP contribution in [0.3, 0.4) is 0 Å².